The SMILES string of the molecule is Cc1ccc(-[n+]2[nH]nnc2-c2cnc3cc(Cl)ccc3c2N)cc1. The van der Waals surface area contributed by atoms with Crippen LogP contribution in [0.1, 0.15) is 5.56 Å². The van der Waals surface area contributed by atoms with E-state index < -0.39 is 0 Å². The predicted octanol–water partition coefficient (Wildman–Crippen LogP) is 2.84. The molecule has 0 fully saturated rings. The molecule has 2 heterocycles. The number of benzene rings is 2. The third kappa shape index (κ3) is 2.37. The van der Waals surface area contributed by atoms with E-state index in [1.165, 1.54) is 5.56 Å². The minimum absolute atomic E-state index is 0.589. The zero-order chi connectivity index (χ0) is 16.7. The van der Waals surface area contributed by atoms with Crippen molar-refractivity contribution in [2.24, 2.45) is 0 Å². The number of nitrogens with one attached hydrogen (secondary N) is 1. The first-order valence-electron chi connectivity index (χ1n) is 7.38. The number of nitrogens with zero attached hydrogens (tertiary/aromatic N) is 4. The van der Waals surface area contributed by atoms with Gasteiger partial charge in [0.25, 0.3) is 0 Å². The lowest BCUT2D eigenvalue weighted by molar-refractivity contribution is -0.649. The zero-order valence-electron chi connectivity index (χ0n) is 12.9. The summed E-state index contributed by atoms with van der Waals surface area (Å²) in [6.45, 7) is 2.04. The molecule has 0 amide bonds. The minimum Gasteiger partial charge on any atom is -0.397 e. The molecule has 0 aliphatic rings. The number of rotatable bonds is 2. The predicted molar refractivity (Wildman–Crippen MR) is 92.8 cm³/mol. The number of halogens is 1. The van der Waals surface area contributed by atoms with Crippen molar-refractivity contribution in [1.29, 1.82) is 0 Å². The highest BCUT2D eigenvalue weighted by atomic mass is 35.5. The number of hydrogen-bond donors (Lipinski definition) is 2. The van der Waals surface area contributed by atoms with Crippen LogP contribution in [0.5, 0.6) is 0 Å². The highest BCUT2D eigenvalue weighted by molar-refractivity contribution is 6.31. The number of fused-ring (bicyclic) bond motifs is 1. The lowest BCUT2D eigenvalue weighted by atomic mass is 10.1. The number of hydrogen-bond acceptors (Lipinski definition) is 4. The highest BCUT2D eigenvalue weighted by Gasteiger charge is 2.22. The van der Waals surface area contributed by atoms with Crippen LogP contribution in [0.3, 0.4) is 0 Å². The van der Waals surface area contributed by atoms with Crippen molar-refractivity contribution in [2.75, 3.05) is 5.73 Å². The van der Waals surface area contributed by atoms with E-state index >= 15 is 0 Å². The molecule has 0 spiro atoms. The fourth-order valence-electron chi connectivity index (χ4n) is 2.62. The topological polar surface area (TPSA) is 84.4 Å². The van der Waals surface area contributed by atoms with Crippen molar-refractivity contribution in [2.45, 2.75) is 6.92 Å². The molecular weight excluding hydrogens is 324 g/mol. The number of nitrogens with two attached hydrogens (primary N) is 1. The summed E-state index contributed by atoms with van der Waals surface area (Å²) in [5.74, 6) is 0.598. The Morgan fingerprint density at radius 2 is 1.92 bits per heavy atom. The van der Waals surface area contributed by atoms with Crippen molar-refractivity contribution in [1.82, 2.24) is 20.5 Å². The molecule has 0 aliphatic carbocycles. The van der Waals surface area contributed by atoms with Gasteiger partial charge < -0.3 is 5.73 Å². The first kappa shape index (κ1) is 14.6. The van der Waals surface area contributed by atoms with Gasteiger partial charge in [-0.15, -0.1) is 4.68 Å². The van der Waals surface area contributed by atoms with Crippen LogP contribution in [0.15, 0.2) is 48.7 Å². The van der Waals surface area contributed by atoms with E-state index in [-0.39, 0.29) is 0 Å². The summed E-state index contributed by atoms with van der Waals surface area (Å²) in [5.41, 5.74) is 10.5. The quantitative estimate of drug-likeness (QED) is 0.551. The number of aryl methyl sites for hydroxylation is 1. The molecule has 6 nitrogen and oxygen atoms in total. The van der Waals surface area contributed by atoms with Crippen LogP contribution < -0.4 is 10.4 Å². The van der Waals surface area contributed by atoms with Gasteiger partial charge in [-0.25, -0.2) is 0 Å². The number of nitrogen functional groups attached to an aromatic ring is 1. The lowest BCUT2D eigenvalue weighted by Gasteiger charge is -2.06. The summed E-state index contributed by atoms with van der Waals surface area (Å²) in [6, 6.07) is 13.5. The van der Waals surface area contributed by atoms with Gasteiger partial charge in [-0.2, -0.15) is 0 Å². The van der Waals surface area contributed by atoms with Crippen LogP contribution >= 0.6 is 11.6 Å². The number of anilines is 1. The third-order valence-corrected chi connectivity index (χ3v) is 4.14. The van der Waals surface area contributed by atoms with Crippen molar-refractivity contribution in [3.63, 3.8) is 0 Å². The van der Waals surface area contributed by atoms with Crippen LogP contribution in [-0.2, 0) is 0 Å². The summed E-state index contributed by atoms with van der Waals surface area (Å²) in [5, 5.41) is 12.4. The number of H-pyrrole nitrogens is 1. The first-order chi connectivity index (χ1) is 11.6. The van der Waals surface area contributed by atoms with Gasteiger partial charge in [-0.1, -0.05) is 34.5 Å². The largest absolute Gasteiger partial charge is 0.397 e. The summed E-state index contributed by atoms with van der Waals surface area (Å²) in [4.78, 5) is 4.45. The highest BCUT2D eigenvalue weighted by Crippen LogP contribution is 2.30. The average Bonchev–Trinajstić information content (AvgIpc) is 3.05. The monoisotopic (exact) mass is 337 g/mol. The Balaban J connectivity index is 1.90. The van der Waals surface area contributed by atoms with Crippen LogP contribution in [0.2, 0.25) is 5.02 Å². The molecule has 2 aromatic carbocycles. The number of tetrazole rings is 1. The molecule has 0 bridgehead atoms. The van der Waals surface area contributed by atoms with Crippen molar-refractivity contribution in [3.8, 4) is 17.1 Å². The second kappa shape index (κ2) is 5.58. The van der Waals surface area contributed by atoms with Gasteiger partial charge >= 0.3 is 5.82 Å². The van der Waals surface area contributed by atoms with E-state index in [0.717, 1.165) is 16.6 Å². The first-order valence-corrected chi connectivity index (χ1v) is 7.75. The van der Waals surface area contributed by atoms with Crippen molar-refractivity contribution >= 4 is 28.2 Å². The smallest absolute Gasteiger partial charge is 0.340 e. The Kier molecular flexibility index (Phi) is 3.39. The van der Waals surface area contributed by atoms with Gasteiger partial charge in [0, 0.05) is 16.6 Å². The van der Waals surface area contributed by atoms with Gasteiger partial charge in [0.15, 0.2) is 5.21 Å². The van der Waals surface area contributed by atoms with Crippen LogP contribution in [0, 0.1) is 6.92 Å². The summed E-state index contributed by atoms with van der Waals surface area (Å²) in [6.07, 6.45) is 1.69. The molecule has 0 atom stereocenters. The average molecular weight is 338 g/mol. The molecule has 2 aromatic heterocycles. The summed E-state index contributed by atoms with van der Waals surface area (Å²) in [7, 11) is 0. The van der Waals surface area contributed by atoms with Crippen molar-refractivity contribution < 1.29 is 4.68 Å². The standard InChI is InChI=1S/C17H13ClN6/c1-10-2-5-12(6-3-10)24-17(21-22-23-24)14-9-20-15-8-11(18)4-7-13(15)16(14)19/h2-9H,1H3,(H2,19,20,21,23)/p+1. The Morgan fingerprint density at radius 3 is 2.71 bits per heavy atom. The van der Waals surface area contributed by atoms with Crippen LogP contribution in [-0.4, -0.2) is 20.5 Å². The van der Waals surface area contributed by atoms with Gasteiger partial charge in [-0.3, -0.25) is 4.98 Å². The number of pyridine rings is 1. The van der Waals surface area contributed by atoms with Crippen molar-refractivity contribution in [3.05, 3.63) is 59.2 Å². The third-order valence-electron chi connectivity index (χ3n) is 3.91. The molecule has 0 unspecified atom stereocenters. The number of aromatic nitrogens is 5. The zero-order valence-corrected chi connectivity index (χ0v) is 13.6. The second-order valence-electron chi connectivity index (χ2n) is 5.54. The summed E-state index contributed by atoms with van der Waals surface area (Å²) >= 11 is 6.02. The fraction of sp³-hybridized carbons (Fsp3) is 0.0588. The molecule has 24 heavy (non-hydrogen) atoms. The van der Waals surface area contributed by atoms with Gasteiger partial charge in [0.05, 0.1) is 16.8 Å². The van der Waals surface area contributed by atoms with Crippen LogP contribution in [0.25, 0.3) is 28.0 Å². The molecule has 4 rings (SSSR count). The summed E-state index contributed by atoms with van der Waals surface area (Å²) < 4.78 is 1.77. The van der Waals surface area contributed by atoms with Crippen LogP contribution in [0.4, 0.5) is 5.69 Å². The Labute approximate surface area is 142 Å². The van der Waals surface area contributed by atoms with E-state index in [0.29, 0.717) is 22.1 Å². The van der Waals surface area contributed by atoms with Gasteiger partial charge in [0.2, 0.25) is 0 Å². The second-order valence-corrected chi connectivity index (χ2v) is 5.98. The Bertz CT molecular complexity index is 1040. The van der Waals surface area contributed by atoms with E-state index in [1.54, 1.807) is 23.0 Å². The van der Waals surface area contributed by atoms with Gasteiger partial charge in [-0.05, 0) is 37.3 Å². The molecule has 0 saturated carbocycles. The molecule has 0 aliphatic heterocycles. The van der Waals surface area contributed by atoms with Gasteiger partial charge in [0.1, 0.15) is 10.8 Å². The molecule has 4 aromatic rings. The maximum atomic E-state index is 6.35. The number of aromatic amines is 1. The maximum Gasteiger partial charge on any atom is 0.340 e. The van der Waals surface area contributed by atoms with E-state index in [1.807, 2.05) is 37.3 Å². The Hall–Kier alpha value is -2.99. The molecule has 3 N–H and O–H groups in total. The minimum atomic E-state index is 0.589. The maximum absolute atomic E-state index is 6.35. The normalized spacial score (nSPS) is 11.1. The van der Waals surface area contributed by atoms with E-state index in [2.05, 4.69) is 20.5 Å². The van der Waals surface area contributed by atoms with E-state index in [4.69, 9.17) is 17.3 Å². The fourth-order valence-corrected chi connectivity index (χ4v) is 2.79. The molecule has 0 saturated heterocycles. The molecule has 7 heteroatoms. The molecule has 0 radical (unpaired) electrons. The molecular formula is C17H14ClN6+. The Morgan fingerprint density at radius 1 is 1.12 bits per heavy atom. The molecule has 118 valence electrons. The van der Waals surface area contributed by atoms with E-state index in [9.17, 15) is 0 Å². The lowest BCUT2D eigenvalue weighted by Crippen LogP contribution is -2.35.